The molecule has 3 aromatic rings. The first-order chi connectivity index (χ1) is 13.1. The Labute approximate surface area is 167 Å². The molecule has 0 aliphatic carbocycles. The normalized spacial score (nSPS) is 10.7. The second-order valence-electron chi connectivity index (χ2n) is 5.70. The number of carbonyl (C=O) groups excluding carboxylic acids is 1. The van der Waals surface area contributed by atoms with Crippen LogP contribution in [0.15, 0.2) is 77.9 Å². The number of hydrogen-bond acceptors (Lipinski definition) is 3. The van der Waals surface area contributed by atoms with E-state index in [-0.39, 0.29) is 5.91 Å². The summed E-state index contributed by atoms with van der Waals surface area (Å²) in [6.45, 7) is 0.434. The van der Waals surface area contributed by atoms with Crippen LogP contribution in [0.25, 0.3) is 0 Å². The van der Waals surface area contributed by atoms with Crippen molar-refractivity contribution < 1.29 is 9.53 Å². The molecule has 3 aromatic carbocycles. The molecule has 136 valence electrons. The lowest BCUT2D eigenvalue weighted by Crippen LogP contribution is -2.17. The fourth-order valence-corrected chi connectivity index (χ4v) is 2.61. The number of nitrogens with zero attached hydrogens (tertiary/aromatic N) is 1. The Morgan fingerprint density at radius 3 is 2.52 bits per heavy atom. The van der Waals surface area contributed by atoms with Gasteiger partial charge in [-0.2, -0.15) is 5.10 Å². The molecular weight excluding hydrogens is 383 g/mol. The second kappa shape index (κ2) is 9.21. The lowest BCUT2D eigenvalue weighted by atomic mass is 10.2. The number of ether oxygens (including phenoxy) is 1. The molecule has 0 radical (unpaired) electrons. The Morgan fingerprint density at radius 2 is 1.74 bits per heavy atom. The highest BCUT2D eigenvalue weighted by atomic mass is 35.5. The SMILES string of the molecule is O=C(NN=Cc1cccc(OCc2ccc(Cl)cc2)c1)c1cccc(Cl)c1. The van der Waals surface area contributed by atoms with Crippen molar-refractivity contribution in [1.82, 2.24) is 5.43 Å². The molecule has 3 rings (SSSR count). The minimum Gasteiger partial charge on any atom is -0.489 e. The van der Waals surface area contributed by atoms with E-state index in [1.165, 1.54) is 0 Å². The van der Waals surface area contributed by atoms with Gasteiger partial charge in [0.1, 0.15) is 12.4 Å². The molecule has 0 aromatic heterocycles. The molecule has 0 atom stereocenters. The molecule has 0 aliphatic heterocycles. The maximum atomic E-state index is 12.0. The second-order valence-corrected chi connectivity index (χ2v) is 6.57. The van der Waals surface area contributed by atoms with Crippen molar-refractivity contribution in [3.05, 3.63) is 99.5 Å². The Hall–Kier alpha value is -2.82. The number of nitrogens with one attached hydrogen (secondary N) is 1. The summed E-state index contributed by atoms with van der Waals surface area (Å²) in [5.74, 6) is 0.374. The Balaban J connectivity index is 1.57. The van der Waals surface area contributed by atoms with E-state index in [0.29, 0.717) is 28.0 Å². The van der Waals surface area contributed by atoms with Crippen molar-refractivity contribution in [2.75, 3.05) is 0 Å². The third kappa shape index (κ3) is 5.84. The van der Waals surface area contributed by atoms with Gasteiger partial charge in [-0.15, -0.1) is 0 Å². The number of halogens is 2. The molecule has 0 heterocycles. The number of carbonyl (C=O) groups is 1. The first-order valence-electron chi connectivity index (χ1n) is 8.16. The van der Waals surface area contributed by atoms with Crippen LogP contribution in [-0.2, 0) is 6.61 Å². The van der Waals surface area contributed by atoms with Gasteiger partial charge in [-0.25, -0.2) is 5.43 Å². The van der Waals surface area contributed by atoms with E-state index < -0.39 is 0 Å². The van der Waals surface area contributed by atoms with Gasteiger partial charge in [0.25, 0.3) is 5.91 Å². The van der Waals surface area contributed by atoms with Crippen LogP contribution < -0.4 is 10.2 Å². The van der Waals surface area contributed by atoms with Gasteiger partial charge in [-0.05, 0) is 53.6 Å². The van der Waals surface area contributed by atoms with Crippen LogP contribution in [0.5, 0.6) is 5.75 Å². The summed E-state index contributed by atoms with van der Waals surface area (Å²) in [6.07, 6.45) is 1.55. The van der Waals surface area contributed by atoms with E-state index in [0.717, 1.165) is 11.1 Å². The fraction of sp³-hybridized carbons (Fsp3) is 0.0476. The van der Waals surface area contributed by atoms with Gasteiger partial charge >= 0.3 is 0 Å². The van der Waals surface area contributed by atoms with Crippen LogP contribution in [0, 0.1) is 0 Å². The van der Waals surface area contributed by atoms with Crippen LogP contribution in [0.4, 0.5) is 0 Å². The summed E-state index contributed by atoms with van der Waals surface area (Å²) >= 11 is 11.8. The molecule has 27 heavy (non-hydrogen) atoms. The number of rotatable bonds is 6. The predicted octanol–water partition coefficient (Wildman–Crippen LogP) is 5.34. The highest BCUT2D eigenvalue weighted by Gasteiger charge is 2.04. The van der Waals surface area contributed by atoms with Crippen LogP contribution in [-0.4, -0.2) is 12.1 Å². The van der Waals surface area contributed by atoms with E-state index in [4.69, 9.17) is 27.9 Å². The third-order valence-corrected chi connectivity index (χ3v) is 4.13. The van der Waals surface area contributed by atoms with Gasteiger partial charge in [-0.3, -0.25) is 4.79 Å². The van der Waals surface area contributed by atoms with E-state index >= 15 is 0 Å². The Bertz CT molecular complexity index is 956. The first kappa shape index (κ1) is 19.0. The summed E-state index contributed by atoms with van der Waals surface area (Å²) in [6, 6.07) is 21.6. The van der Waals surface area contributed by atoms with Crippen LogP contribution >= 0.6 is 23.2 Å². The molecule has 0 saturated heterocycles. The highest BCUT2D eigenvalue weighted by molar-refractivity contribution is 6.31. The zero-order valence-corrected chi connectivity index (χ0v) is 15.7. The molecule has 0 spiro atoms. The first-order valence-corrected chi connectivity index (χ1v) is 8.92. The number of benzene rings is 3. The summed E-state index contributed by atoms with van der Waals surface area (Å²) in [4.78, 5) is 12.0. The van der Waals surface area contributed by atoms with Crippen molar-refractivity contribution in [1.29, 1.82) is 0 Å². The molecule has 0 bridgehead atoms. The van der Waals surface area contributed by atoms with Gasteiger partial charge in [-0.1, -0.05) is 53.5 Å². The molecule has 1 amide bonds. The fourth-order valence-electron chi connectivity index (χ4n) is 2.29. The zero-order chi connectivity index (χ0) is 19.1. The molecule has 0 aliphatic rings. The number of amides is 1. The van der Waals surface area contributed by atoms with E-state index in [1.54, 1.807) is 30.5 Å². The minimum absolute atomic E-state index is 0.330. The van der Waals surface area contributed by atoms with Crippen molar-refractivity contribution in [2.45, 2.75) is 6.61 Å². The molecule has 0 unspecified atom stereocenters. The van der Waals surface area contributed by atoms with Gasteiger partial charge in [0.2, 0.25) is 0 Å². The Morgan fingerprint density at radius 1 is 0.963 bits per heavy atom. The molecule has 4 nitrogen and oxygen atoms in total. The molecule has 0 fully saturated rings. The summed E-state index contributed by atoms with van der Waals surface area (Å²) in [5.41, 5.74) is 4.74. The number of hydrogen-bond donors (Lipinski definition) is 1. The standard InChI is InChI=1S/C21H16Cl2N2O2/c22-18-9-7-15(8-10-18)14-27-20-6-1-3-16(11-20)13-24-25-21(26)17-4-2-5-19(23)12-17/h1-13H,14H2,(H,25,26). The topological polar surface area (TPSA) is 50.7 Å². The average molecular weight is 399 g/mol. The van der Waals surface area contributed by atoms with Crippen molar-refractivity contribution >= 4 is 35.3 Å². The summed E-state index contributed by atoms with van der Waals surface area (Å²) in [5, 5.41) is 5.17. The largest absolute Gasteiger partial charge is 0.489 e. The van der Waals surface area contributed by atoms with Crippen molar-refractivity contribution in [2.24, 2.45) is 5.10 Å². The molecule has 0 saturated carbocycles. The van der Waals surface area contributed by atoms with E-state index in [2.05, 4.69) is 10.5 Å². The van der Waals surface area contributed by atoms with Crippen LogP contribution in [0.2, 0.25) is 10.0 Å². The predicted molar refractivity (Wildman–Crippen MR) is 109 cm³/mol. The number of hydrazone groups is 1. The van der Waals surface area contributed by atoms with Crippen molar-refractivity contribution in [3.63, 3.8) is 0 Å². The van der Waals surface area contributed by atoms with Gasteiger partial charge in [0.15, 0.2) is 0 Å². The van der Waals surface area contributed by atoms with Crippen LogP contribution in [0.3, 0.4) is 0 Å². The Kier molecular flexibility index (Phi) is 6.47. The molecular formula is C21H16Cl2N2O2. The van der Waals surface area contributed by atoms with Gasteiger partial charge < -0.3 is 4.74 Å². The van der Waals surface area contributed by atoms with E-state index in [9.17, 15) is 4.79 Å². The summed E-state index contributed by atoms with van der Waals surface area (Å²) < 4.78 is 5.78. The zero-order valence-electron chi connectivity index (χ0n) is 14.2. The maximum absolute atomic E-state index is 12.0. The summed E-state index contributed by atoms with van der Waals surface area (Å²) in [7, 11) is 0. The minimum atomic E-state index is -0.330. The highest BCUT2D eigenvalue weighted by Crippen LogP contribution is 2.16. The van der Waals surface area contributed by atoms with Gasteiger partial charge in [0.05, 0.1) is 6.21 Å². The van der Waals surface area contributed by atoms with Crippen molar-refractivity contribution in [3.8, 4) is 5.75 Å². The average Bonchev–Trinajstić information content (AvgIpc) is 2.68. The molecule has 6 heteroatoms. The van der Waals surface area contributed by atoms with Crippen LogP contribution in [0.1, 0.15) is 21.5 Å². The third-order valence-electron chi connectivity index (χ3n) is 3.64. The molecule has 1 N–H and O–H groups in total. The monoisotopic (exact) mass is 398 g/mol. The smallest absolute Gasteiger partial charge is 0.271 e. The van der Waals surface area contributed by atoms with Gasteiger partial charge in [0, 0.05) is 15.6 Å². The quantitative estimate of drug-likeness (QED) is 0.450. The lowest BCUT2D eigenvalue weighted by Gasteiger charge is -2.07. The lowest BCUT2D eigenvalue weighted by molar-refractivity contribution is 0.0955. The van der Waals surface area contributed by atoms with E-state index in [1.807, 2.05) is 48.5 Å². The maximum Gasteiger partial charge on any atom is 0.271 e.